The van der Waals surface area contributed by atoms with Crippen molar-refractivity contribution in [1.82, 2.24) is 5.32 Å². The van der Waals surface area contributed by atoms with Gasteiger partial charge >= 0.3 is 0 Å². The quantitative estimate of drug-likeness (QED) is 0.750. The molecule has 0 radical (unpaired) electrons. The molecule has 0 aromatic heterocycles. The van der Waals surface area contributed by atoms with Gasteiger partial charge in [-0.15, -0.1) is 6.58 Å². The van der Waals surface area contributed by atoms with E-state index in [0.29, 0.717) is 12.6 Å². The lowest BCUT2D eigenvalue weighted by Crippen LogP contribution is -2.18. The first-order chi connectivity index (χ1) is 8.54. The third kappa shape index (κ3) is 4.83. The third-order valence-corrected chi connectivity index (χ3v) is 3.23. The minimum absolute atomic E-state index is 0.294. The maximum atomic E-state index is 5.87. The highest BCUT2D eigenvalue weighted by Gasteiger charge is 2.11. The number of hydrogen-bond acceptors (Lipinski definition) is 2. The second kappa shape index (κ2) is 7.59. The lowest BCUT2D eigenvalue weighted by Gasteiger charge is -2.18. The Morgan fingerprint density at radius 3 is 2.83 bits per heavy atom. The van der Waals surface area contributed by atoms with Crippen molar-refractivity contribution in [3.63, 3.8) is 0 Å². The summed E-state index contributed by atoms with van der Waals surface area (Å²) in [5.74, 6) is 0.944. The van der Waals surface area contributed by atoms with Gasteiger partial charge in [0, 0.05) is 22.5 Å². The number of hydrogen-bond donors (Lipinski definition) is 1. The number of ether oxygens (including phenoxy) is 1. The van der Waals surface area contributed by atoms with Gasteiger partial charge in [0.15, 0.2) is 0 Å². The molecule has 0 saturated heterocycles. The Bertz CT molecular complexity index is 403. The van der Waals surface area contributed by atoms with Crippen LogP contribution < -0.4 is 10.1 Å². The highest BCUT2D eigenvalue weighted by molar-refractivity contribution is 9.10. The van der Waals surface area contributed by atoms with Crippen molar-refractivity contribution in [3.8, 4) is 5.75 Å². The normalized spacial score (nSPS) is 12.2. The van der Waals surface area contributed by atoms with Gasteiger partial charge in [-0.2, -0.15) is 0 Å². The summed E-state index contributed by atoms with van der Waals surface area (Å²) in [4.78, 5) is 0. The summed E-state index contributed by atoms with van der Waals surface area (Å²) in [5, 5.41) is 3.41. The van der Waals surface area contributed by atoms with Crippen molar-refractivity contribution in [2.24, 2.45) is 0 Å². The van der Waals surface area contributed by atoms with Gasteiger partial charge in [0.2, 0.25) is 0 Å². The molecule has 0 fully saturated rings. The minimum Gasteiger partial charge on any atom is -0.493 e. The summed E-state index contributed by atoms with van der Waals surface area (Å²) >= 11 is 3.49. The molecular formula is C15H22BrNO. The van der Waals surface area contributed by atoms with Crippen LogP contribution in [-0.4, -0.2) is 13.2 Å². The van der Waals surface area contributed by atoms with Crippen LogP contribution in [0.5, 0.6) is 5.75 Å². The number of nitrogens with one attached hydrogen (secondary N) is 1. The van der Waals surface area contributed by atoms with E-state index in [1.807, 2.05) is 13.0 Å². The molecule has 100 valence electrons. The Labute approximate surface area is 119 Å². The minimum atomic E-state index is 0.294. The first-order valence-electron chi connectivity index (χ1n) is 6.34. The van der Waals surface area contributed by atoms with Crippen molar-refractivity contribution in [3.05, 3.63) is 40.4 Å². The molecule has 1 aromatic carbocycles. The molecule has 1 rings (SSSR count). The molecule has 1 N–H and O–H groups in total. The highest BCUT2D eigenvalue weighted by atomic mass is 79.9. The van der Waals surface area contributed by atoms with Gasteiger partial charge in [0.1, 0.15) is 5.75 Å². The molecule has 2 nitrogen and oxygen atoms in total. The second-order valence-electron chi connectivity index (χ2n) is 4.52. The molecule has 1 aromatic rings. The molecule has 0 bridgehead atoms. The Morgan fingerprint density at radius 1 is 1.50 bits per heavy atom. The number of rotatable bonds is 7. The fraction of sp³-hybridized carbons (Fsp3) is 0.467. The van der Waals surface area contributed by atoms with E-state index in [0.717, 1.165) is 28.8 Å². The average Bonchev–Trinajstić information content (AvgIpc) is 2.29. The molecule has 0 aliphatic carbocycles. The van der Waals surface area contributed by atoms with Gasteiger partial charge in [-0.3, -0.25) is 0 Å². The molecule has 1 atom stereocenters. The molecule has 0 spiro atoms. The standard InChI is InChI=1S/C15H22BrNO/c1-5-17-12(4)14-7-6-13(16)10-15(14)18-9-8-11(2)3/h6-7,10,12,17H,2,5,8-9H2,1,3-4H3. The van der Waals surface area contributed by atoms with Gasteiger partial charge in [0.05, 0.1) is 6.61 Å². The monoisotopic (exact) mass is 311 g/mol. The van der Waals surface area contributed by atoms with Crippen molar-refractivity contribution < 1.29 is 4.74 Å². The van der Waals surface area contributed by atoms with Crippen LogP contribution in [0.4, 0.5) is 0 Å². The predicted octanol–water partition coefficient (Wildman–Crippen LogP) is 4.46. The summed E-state index contributed by atoms with van der Waals surface area (Å²) < 4.78 is 6.91. The fourth-order valence-electron chi connectivity index (χ4n) is 1.74. The van der Waals surface area contributed by atoms with Gasteiger partial charge in [-0.25, -0.2) is 0 Å². The van der Waals surface area contributed by atoms with Gasteiger partial charge in [0.25, 0.3) is 0 Å². The lowest BCUT2D eigenvalue weighted by atomic mass is 10.1. The van der Waals surface area contributed by atoms with Crippen LogP contribution in [0, 0.1) is 0 Å². The van der Waals surface area contributed by atoms with Crippen molar-refractivity contribution in [2.75, 3.05) is 13.2 Å². The van der Waals surface area contributed by atoms with Crippen LogP contribution in [0.3, 0.4) is 0 Å². The Balaban J connectivity index is 2.79. The highest BCUT2D eigenvalue weighted by Crippen LogP contribution is 2.28. The Hall–Kier alpha value is -0.800. The van der Waals surface area contributed by atoms with Crippen LogP contribution >= 0.6 is 15.9 Å². The maximum Gasteiger partial charge on any atom is 0.125 e. The fourth-order valence-corrected chi connectivity index (χ4v) is 2.08. The van der Waals surface area contributed by atoms with E-state index in [2.05, 4.69) is 53.8 Å². The van der Waals surface area contributed by atoms with Gasteiger partial charge < -0.3 is 10.1 Å². The summed E-state index contributed by atoms with van der Waals surface area (Å²) in [6, 6.07) is 6.48. The zero-order chi connectivity index (χ0) is 13.5. The van der Waals surface area contributed by atoms with Gasteiger partial charge in [-0.1, -0.05) is 34.5 Å². The van der Waals surface area contributed by atoms with E-state index in [1.54, 1.807) is 0 Å². The lowest BCUT2D eigenvalue weighted by molar-refractivity contribution is 0.315. The average molecular weight is 312 g/mol. The van der Waals surface area contributed by atoms with Crippen molar-refractivity contribution in [2.45, 2.75) is 33.2 Å². The van der Waals surface area contributed by atoms with E-state index in [-0.39, 0.29) is 0 Å². The molecule has 0 aliphatic rings. The van der Waals surface area contributed by atoms with E-state index in [9.17, 15) is 0 Å². The summed E-state index contributed by atoms with van der Waals surface area (Å²) in [5.41, 5.74) is 2.34. The topological polar surface area (TPSA) is 21.3 Å². The van der Waals surface area contributed by atoms with Crippen LogP contribution in [0.2, 0.25) is 0 Å². The number of benzene rings is 1. The maximum absolute atomic E-state index is 5.87. The van der Waals surface area contributed by atoms with Crippen molar-refractivity contribution in [1.29, 1.82) is 0 Å². The van der Waals surface area contributed by atoms with E-state index in [1.165, 1.54) is 5.56 Å². The molecule has 1 unspecified atom stereocenters. The van der Waals surface area contributed by atoms with Crippen LogP contribution in [0.15, 0.2) is 34.8 Å². The molecule has 18 heavy (non-hydrogen) atoms. The molecule has 0 saturated carbocycles. The van der Waals surface area contributed by atoms with Crippen LogP contribution in [0.1, 0.15) is 38.8 Å². The first-order valence-corrected chi connectivity index (χ1v) is 7.14. The number of halogens is 1. The van der Waals surface area contributed by atoms with E-state index >= 15 is 0 Å². The largest absolute Gasteiger partial charge is 0.493 e. The van der Waals surface area contributed by atoms with E-state index in [4.69, 9.17) is 4.74 Å². The van der Waals surface area contributed by atoms with E-state index < -0.39 is 0 Å². The predicted molar refractivity (Wildman–Crippen MR) is 81.2 cm³/mol. The zero-order valence-electron chi connectivity index (χ0n) is 11.4. The Morgan fingerprint density at radius 2 is 2.22 bits per heavy atom. The molecule has 0 aliphatic heterocycles. The SMILES string of the molecule is C=C(C)CCOc1cc(Br)ccc1C(C)NCC. The van der Waals surface area contributed by atoms with Crippen molar-refractivity contribution >= 4 is 15.9 Å². The van der Waals surface area contributed by atoms with Crippen LogP contribution in [0.25, 0.3) is 0 Å². The third-order valence-electron chi connectivity index (χ3n) is 2.74. The second-order valence-corrected chi connectivity index (χ2v) is 5.43. The van der Waals surface area contributed by atoms with Gasteiger partial charge in [-0.05, 0) is 32.5 Å². The zero-order valence-corrected chi connectivity index (χ0v) is 13.0. The molecule has 0 heterocycles. The van der Waals surface area contributed by atoms with Crippen LogP contribution in [-0.2, 0) is 0 Å². The first kappa shape index (κ1) is 15.3. The molecule has 3 heteroatoms. The summed E-state index contributed by atoms with van der Waals surface area (Å²) in [6.07, 6.45) is 0.890. The molecular weight excluding hydrogens is 290 g/mol. The summed E-state index contributed by atoms with van der Waals surface area (Å²) in [6.45, 7) is 11.8. The smallest absolute Gasteiger partial charge is 0.125 e. The molecule has 0 amide bonds. The Kier molecular flexibility index (Phi) is 6.44. The summed E-state index contributed by atoms with van der Waals surface area (Å²) in [7, 11) is 0.